The summed E-state index contributed by atoms with van der Waals surface area (Å²) in [6.45, 7) is 2.35. The first-order valence-electron chi connectivity index (χ1n) is 10.6. The summed E-state index contributed by atoms with van der Waals surface area (Å²) in [6, 6.07) is 18.1. The molecule has 9 heteroatoms. The predicted molar refractivity (Wildman–Crippen MR) is 131 cm³/mol. The summed E-state index contributed by atoms with van der Waals surface area (Å²) >= 11 is 7.70. The number of carbonyl (C=O) groups is 1. The van der Waals surface area contributed by atoms with Crippen LogP contribution in [0.4, 0.5) is 4.79 Å². The zero-order valence-electron chi connectivity index (χ0n) is 18.5. The molecule has 4 aromatic rings. The molecule has 0 radical (unpaired) electrons. The maximum Gasteiger partial charge on any atom is 0.322 e. The molecule has 0 bridgehead atoms. The number of ether oxygens (including phenoxy) is 1. The van der Waals surface area contributed by atoms with Crippen LogP contribution in [0, 0.1) is 0 Å². The number of urea groups is 1. The standard InChI is InChI=1S/C25H21ClN4O3S/c1-15-21(24-28-23(29-33-24)17-5-3-6-19(13-17)32-2)22(16-8-10-18(26)11-9-16)27-25(31)30(15)14-20-7-4-12-34-20/h3-13,22H,14H2,1-2H3,(H,27,31). The van der Waals surface area contributed by atoms with Gasteiger partial charge in [0.15, 0.2) is 0 Å². The van der Waals surface area contributed by atoms with E-state index >= 15 is 0 Å². The number of halogens is 1. The Morgan fingerprint density at radius 3 is 2.74 bits per heavy atom. The van der Waals surface area contributed by atoms with E-state index in [9.17, 15) is 4.79 Å². The molecule has 172 valence electrons. The highest BCUT2D eigenvalue weighted by Gasteiger charge is 2.36. The fraction of sp³-hybridized carbons (Fsp3) is 0.160. The molecule has 2 amide bonds. The zero-order valence-corrected chi connectivity index (χ0v) is 20.1. The maximum absolute atomic E-state index is 13.1. The lowest BCUT2D eigenvalue weighted by Crippen LogP contribution is -2.45. The van der Waals surface area contributed by atoms with Crippen LogP contribution in [0.5, 0.6) is 5.75 Å². The lowest BCUT2D eigenvalue weighted by atomic mass is 9.94. The Labute approximate surface area is 205 Å². The zero-order chi connectivity index (χ0) is 23.7. The van der Waals surface area contributed by atoms with Crippen molar-refractivity contribution in [1.82, 2.24) is 20.4 Å². The van der Waals surface area contributed by atoms with E-state index < -0.39 is 6.04 Å². The number of aromatic nitrogens is 2. The van der Waals surface area contributed by atoms with Crippen molar-refractivity contribution >= 4 is 34.5 Å². The number of thiophene rings is 1. The fourth-order valence-electron chi connectivity index (χ4n) is 3.92. The Balaban J connectivity index is 1.59. The minimum atomic E-state index is -0.469. The summed E-state index contributed by atoms with van der Waals surface area (Å²) in [5.41, 5.74) is 3.12. The van der Waals surface area contributed by atoms with Gasteiger partial charge in [-0.15, -0.1) is 11.3 Å². The van der Waals surface area contributed by atoms with Crippen LogP contribution in [0.1, 0.15) is 29.3 Å². The van der Waals surface area contributed by atoms with Crippen molar-refractivity contribution in [2.45, 2.75) is 19.5 Å². The van der Waals surface area contributed by atoms with E-state index in [1.807, 2.05) is 60.8 Å². The largest absolute Gasteiger partial charge is 0.497 e. The SMILES string of the molecule is COc1cccc(-c2noc(C3=C(C)N(Cc4cccs4)C(=O)NC3c3ccc(Cl)cc3)n2)c1. The first-order chi connectivity index (χ1) is 16.5. The van der Waals surface area contributed by atoms with Crippen molar-refractivity contribution < 1.29 is 14.1 Å². The molecule has 2 aromatic heterocycles. The molecule has 2 aromatic carbocycles. The molecule has 1 aliphatic rings. The van der Waals surface area contributed by atoms with E-state index in [0.717, 1.165) is 27.3 Å². The number of methoxy groups -OCH3 is 1. The van der Waals surface area contributed by atoms with E-state index in [1.165, 1.54) is 0 Å². The van der Waals surface area contributed by atoms with Gasteiger partial charge in [0.25, 0.3) is 5.89 Å². The second-order valence-corrected chi connectivity index (χ2v) is 9.22. The van der Waals surface area contributed by atoms with Crippen LogP contribution in [0.25, 0.3) is 17.0 Å². The topological polar surface area (TPSA) is 80.5 Å². The van der Waals surface area contributed by atoms with Gasteiger partial charge in [-0.05, 0) is 48.2 Å². The Hall–Kier alpha value is -3.62. The van der Waals surface area contributed by atoms with Gasteiger partial charge in [0.2, 0.25) is 5.82 Å². The van der Waals surface area contributed by atoms with Crippen molar-refractivity contribution in [2.24, 2.45) is 0 Å². The normalized spacial score (nSPS) is 16.0. The van der Waals surface area contributed by atoms with E-state index in [0.29, 0.717) is 29.0 Å². The summed E-state index contributed by atoms with van der Waals surface area (Å²) in [7, 11) is 1.61. The third kappa shape index (κ3) is 4.30. The lowest BCUT2D eigenvalue weighted by molar-refractivity contribution is 0.203. The third-order valence-electron chi connectivity index (χ3n) is 5.68. The van der Waals surface area contributed by atoms with Crippen LogP contribution < -0.4 is 10.1 Å². The molecule has 7 nitrogen and oxygen atoms in total. The van der Waals surface area contributed by atoms with Crippen molar-refractivity contribution in [1.29, 1.82) is 0 Å². The Kier molecular flexibility index (Phi) is 6.08. The molecule has 0 saturated carbocycles. The highest BCUT2D eigenvalue weighted by Crippen LogP contribution is 2.38. The van der Waals surface area contributed by atoms with Gasteiger partial charge in [-0.1, -0.05) is 47.1 Å². The number of benzene rings is 2. The molecule has 0 aliphatic carbocycles. The highest BCUT2D eigenvalue weighted by atomic mass is 35.5. The third-order valence-corrected chi connectivity index (χ3v) is 6.79. The van der Waals surface area contributed by atoms with Crippen molar-refractivity contribution in [3.8, 4) is 17.1 Å². The quantitative estimate of drug-likeness (QED) is 0.348. The first-order valence-corrected chi connectivity index (χ1v) is 11.8. The Bertz CT molecular complexity index is 1350. The average Bonchev–Trinajstić information content (AvgIpc) is 3.54. The number of rotatable bonds is 6. The van der Waals surface area contributed by atoms with Crippen molar-refractivity contribution in [3.05, 3.63) is 93.1 Å². The monoisotopic (exact) mass is 492 g/mol. The van der Waals surface area contributed by atoms with Crippen LogP contribution >= 0.6 is 22.9 Å². The minimum Gasteiger partial charge on any atom is -0.497 e. The molecule has 1 atom stereocenters. The first kappa shape index (κ1) is 22.2. The average molecular weight is 493 g/mol. The van der Waals surface area contributed by atoms with Crippen molar-refractivity contribution in [2.75, 3.05) is 7.11 Å². The van der Waals surface area contributed by atoms with Gasteiger partial charge < -0.3 is 14.6 Å². The minimum absolute atomic E-state index is 0.192. The number of carbonyl (C=O) groups excluding carboxylic acids is 1. The number of hydrogen-bond acceptors (Lipinski definition) is 6. The van der Waals surface area contributed by atoms with Crippen LogP contribution in [-0.4, -0.2) is 28.2 Å². The molecular weight excluding hydrogens is 472 g/mol. The van der Waals surface area contributed by atoms with Gasteiger partial charge in [-0.25, -0.2) is 4.79 Å². The lowest BCUT2D eigenvalue weighted by Gasteiger charge is -2.35. The second kappa shape index (κ2) is 9.32. The number of nitrogens with zero attached hydrogens (tertiary/aromatic N) is 3. The Morgan fingerprint density at radius 2 is 2.00 bits per heavy atom. The van der Waals surface area contributed by atoms with Crippen LogP contribution in [-0.2, 0) is 6.54 Å². The molecule has 0 spiro atoms. The predicted octanol–water partition coefficient (Wildman–Crippen LogP) is 6.16. The van der Waals surface area contributed by atoms with E-state index in [1.54, 1.807) is 35.5 Å². The molecule has 1 N–H and O–H groups in total. The van der Waals surface area contributed by atoms with Crippen molar-refractivity contribution in [3.63, 3.8) is 0 Å². The number of amides is 2. The second-order valence-electron chi connectivity index (χ2n) is 7.75. The fourth-order valence-corrected chi connectivity index (χ4v) is 4.74. The summed E-state index contributed by atoms with van der Waals surface area (Å²) in [5, 5.41) is 9.92. The summed E-state index contributed by atoms with van der Waals surface area (Å²) in [5.74, 6) is 1.47. The Morgan fingerprint density at radius 1 is 1.18 bits per heavy atom. The highest BCUT2D eigenvalue weighted by molar-refractivity contribution is 7.09. The molecular formula is C25H21ClN4O3S. The van der Waals surface area contributed by atoms with Gasteiger partial charge in [0, 0.05) is 21.2 Å². The van der Waals surface area contributed by atoms with E-state index in [4.69, 9.17) is 20.9 Å². The summed E-state index contributed by atoms with van der Waals surface area (Å²) in [6.07, 6.45) is 0. The van der Waals surface area contributed by atoms with E-state index in [-0.39, 0.29) is 6.03 Å². The van der Waals surface area contributed by atoms with Gasteiger partial charge in [-0.2, -0.15) is 4.98 Å². The smallest absolute Gasteiger partial charge is 0.322 e. The molecule has 5 rings (SSSR count). The van der Waals surface area contributed by atoms with Crippen LogP contribution in [0.3, 0.4) is 0 Å². The number of nitrogens with one attached hydrogen (secondary N) is 1. The van der Waals surface area contributed by atoms with Gasteiger partial charge in [0.05, 0.1) is 25.3 Å². The number of allylic oxidation sites excluding steroid dienone is 1. The van der Waals surface area contributed by atoms with Gasteiger partial charge in [-0.3, -0.25) is 4.90 Å². The molecule has 1 unspecified atom stereocenters. The molecule has 1 aliphatic heterocycles. The molecule has 0 saturated heterocycles. The molecule has 0 fully saturated rings. The molecule has 34 heavy (non-hydrogen) atoms. The van der Waals surface area contributed by atoms with Crippen LogP contribution in [0.15, 0.2) is 76.3 Å². The van der Waals surface area contributed by atoms with Crippen LogP contribution in [0.2, 0.25) is 5.02 Å². The van der Waals surface area contributed by atoms with E-state index in [2.05, 4.69) is 15.5 Å². The molecule has 3 heterocycles. The van der Waals surface area contributed by atoms with Gasteiger partial charge in [0.1, 0.15) is 5.75 Å². The van der Waals surface area contributed by atoms with Gasteiger partial charge >= 0.3 is 6.03 Å². The summed E-state index contributed by atoms with van der Waals surface area (Å²) in [4.78, 5) is 20.6. The number of hydrogen-bond donors (Lipinski definition) is 1. The maximum atomic E-state index is 13.1. The summed E-state index contributed by atoms with van der Waals surface area (Å²) < 4.78 is 11.1.